The van der Waals surface area contributed by atoms with Crippen LogP contribution in [0.4, 0.5) is 5.69 Å². The summed E-state index contributed by atoms with van der Waals surface area (Å²) in [6.45, 7) is 10.9. The Balaban J connectivity index is 1.84. The van der Waals surface area contributed by atoms with E-state index in [4.69, 9.17) is 4.74 Å². The second kappa shape index (κ2) is 10.7. The molecule has 2 aromatic rings. The Morgan fingerprint density at radius 1 is 0.968 bits per heavy atom. The van der Waals surface area contributed by atoms with Gasteiger partial charge in [-0.2, -0.15) is 0 Å². The van der Waals surface area contributed by atoms with Gasteiger partial charge in [0.15, 0.2) is 0 Å². The van der Waals surface area contributed by atoms with E-state index in [-0.39, 0.29) is 18.9 Å². The predicted molar refractivity (Wildman–Crippen MR) is 126 cm³/mol. The molecule has 0 aliphatic carbocycles. The molecule has 170 valence electrons. The third-order valence-electron chi connectivity index (χ3n) is 5.22. The normalized spacial score (nSPS) is 11.3. The maximum atomic E-state index is 12.4. The van der Waals surface area contributed by atoms with Gasteiger partial charge < -0.3 is 10.1 Å². The maximum absolute atomic E-state index is 12.4. The minimum atomic E-state index is -3.45. The average molecular weight is 447 g/mol. The number of carbonyl (C=O) groups excluding carboxylic acids is 1. The van der Waals surface area contributed by atoms with E-state index in [1.807, 2.05) is 65.0 Å². The summed E-state index contributed by atoms with van der Waals surface area (Å²) in [4.78, 5) is 12.2. The fraction of sp³-hybridized carbons (Fsp3) is 0.458. The van der Waals surface area contributed by atoms with Gasteiger partial charge in [0.25, 0.3) is 0 Å². The van der Waals surface area contributed by atoms with Gasteiger partial charge in [-0.25, -0.2) is 8.42 Å². The van der Waals surface area contributed by atoms with Gasteiger partial charge >= 0.3 is 0 Å². The van der Waals surface area contributed by atoms with E-state index in [9.17, 15) is 13.2 Å². The van der Waals surface area contributed by atoms with Gasteiger partial charge in [-0.05, 0) is 75.4 Å². The molecule has 1 N–H and O–H groups in total. The van der Waals surface area contributed by atoms with Gasteiger partial charge in [0.1, 0.15) is 12.4 Å². The van der Waals surface area contributed by atoms with E-state index in [0.29, 0.717) is 25.3 Å². The molecule has 2 rings (SSSR count). The number of benzene rings is 2. The summed E-state index contributed by atoms with van der Waals surface area (Å²) in [5.41, 5.74) is 5.99. The fourth-order valence-electron chi connectivity index (χ4n) is 3.64. The molecule has 0 radical (unpaired) electrons. The van der Waals surface area contributed by atoms with E-state index in [1.165, 1.54) is 16.1 Å². The summed E-state index contributed by atoms with van der Waals surface area (Å²) in [6.07, 6.45) is 1.89. The average Bonchev–Trinajstić information content (AvgIpc) is 2.65. The highest BCUT2D eigenvalue weighted by Gasteiger charge is 2.21. The van der Waals surface area contributed by atoms with Gasteiger partial charge in [-0.15, -0.1) is 0 Å². The molecular weight excluding hydrogens is 412 g/mol. The zero-order valence-electron chi connectivity index (χ0n) is 19.4. The monoisotopic (exact) mass is 446 g/mol. The lowest BCUT2D eigenvalue weighted by molar-refractivity contribution is -0.121. The summed E-state index contributed by atoms with van der Waals surface area (Å²) in [7, 11) is -3.45. The zero-order chi connectivity index (χ0) is 23.2. The maximum Gasteiger partial charge on any atom is 0.232 e. The van der Waals surface area contributed by atoms with Crippen molar-refractivity contribution in [3.63, 3.8) is 0 Å². The number of hydrogen-bond acceptors (Lipinski definition) is 4. The molecule has 0 saturated carbocycles. The Kier molecular flexibility index (Phi) is 8.51. The van der Waals surface area contributed by atoms with Crippen molar-refractivity contribution in [1.29, 1.82) is 0 Å². The molecule has 7 heteroatoms. The molecule has 0 heterocycles. The lowest BCUT2D eigenvalue weighted by Gasteiger charge is -2.26. The van der Waals surface area contributed by atoms with Crippen LogP contribution in [0.5, 0.6) is 5.75 Å². The Morgan fingerprint density at radius 3 is 2.19 bits per heavy atom. The Hall–Kier alpha value is -2.54. The molecule has 0 fully saturated rings. The first kappa shape index (κ1) is 24.7. The van der Waals surface area contributed by atoms with Crippen LogP contribution < -0.4 is 14.4 Å². The summed E-state index contributed by atoms with van der Waals surface area (Å²) >= 11 is 0. The van der Waals surface area contributed by atoms with Crippen LogP contribution in [0.25, 0.3) is 0 Å². The smallest absolute Gasteiger partial charge is 0.232 e. The third kappa shape index (κ3) is 7.28. The van der Waals surface area contributed by atoms with Crippen LogP contribution in [0.3, 0.4) is 0 Å². The molecule has 0 unspecified atom stereocenters. The summed E-state index contributed by atoms with van der Waals surface area (Å²) < 4.78 is 31.9. The van der Waals surface area contributed by atoms with Crippen LogP contribution >= 0.6 is 0 Å². The van der Waals surface area contributed by atoms with Gasteiger partial charge in [0.05, 0.1) is 18.5 Å². The van der Waals surface area contributed by atoms with Crippen molar-refractivity contribution in [1.82, 2.24) is 5.32 Å². The highest BCUT2D eigenvalue weighted by atomic mass is 32.2. The number of amides is 1. The molecule has 0 spiro atoms. The summed E-state index contributed by atoms with van der Waals surface area (Å²) in [5, 5.41) is 2.83. The molecule has 0 aliphatic heterocycles. The first-order valence-electron chi connectivity index (χ1n) is 10.5. The van der Waals surface area contributed by atoms with Crippen LogP contribution in [-0.2, 0) is 14.8 Å². The van der Waals surface area contributed by atoms with Crippen molar-refractivity contribution in [2.24, 2.45) is 0 Å². The van der Waals surface area contributed by atoms with E-state index < -0.39 is 10.0 Å². The number of aryl methyl sites for hydroxylation is 5. The molecule has 0 saturated heterocycles. The lowest BCUT2D eigenvalue weighted by Crippen LogP contribution is -2.33. The number of nitrogens with one attached hydrogen (secondary N) is 1. The molecule has 0 atom stereocenters. The molecular formula is C24H34N2O4S. The second-order valence-corrected chi connectivity index (χ2v) is 10.0. The van der Waals surface area contributed by atoms with Crippen LogP contribution in [0, 0.1) is 34.6 Å². The van der Waals surface area contributed by atoms with E-state index in [0.717, 1.165) is 28.0 Å². The van der Waals surface area contributed by atoms with Crippen molar-refractivity contribution in [2.45, 2.75) is 47.5 Å². The van der Waals surface area contributed by atoms with Crippen LogP contribution in [0.2, 0.25) is 0 Å². The van der Waals surface area contributed by atoms with E-state index in [2.05, 4.69) is 5.32 Å². The van der Waals surface area contributed by atoms with Crippen molar-refractivity contribution < 1.29 is 17.9 Å². The van der Waals surface area contributed by atoms with Crippen molar-refractivity contribution in [3.8, 4) is 5.75 Å². The fourth-order valence-corrected chi connectivity index (χ4v) is 4.72. The van der Waals surface area contributed by atoms with Crippen LogP contribution in [0.15, 0.2) is 30.3 Å². The number of carbonyl (C=O) groups is 1. The van der Waals surface area contributed by atoms with Gasteiger partial charge in [-0.3, -0.25) is 9.10 Å². The SMILES string of the molecule is Cc1cc(C)c(N(CCCC(=O)NCCOc2ccc(C)c(C)c2)S(C)(=O)=O)c(C)c1. The summed E-state index contributed by atoms with van der Waals surface area (Å²) in [6, 6.07) is 9.85. The Labute approximate surface area is 186 Å². The van der Waals surface area contributed by atoms with E-state index >= 15 is 0 Å². The van der Waals surface area contributed by atoms with Gasteiger partial charge in [0.2, 0.25) is 15.9 Å². The van der Waals surface area contributed by atoms with Crippen LogP contribution in [0.1, 0.15) is 40.7 Å². The minimum absolute atomic E-state index is 0.116. The number of rotatable bonds is 10. The first-order valence-corrected chi connectivity index (χ1v) is 12.4. The zero-order valence-corrected chi connectivity index (χ0v) is 20.2. The topological polar surface area (TPSA) is 75.7 Å². The first-order chi connectivity index (χ1) is 14.5. The molecule has 0 aromatic heterocycles. The van der Waals surface area contributed by atoms with Crippen molar-refractivity contribution in [2.75, 3.05) is 30.3 Å². The molecule has 6 nitrogen and oxygen atoms in total. The van der Waals surface area contributed by atoms with Crippen LogP contribution in [-0.4, -0.2) is 40.3 Å². The Morgan fingerprint density at radius 2 is 1.61 bits per heavy atom. The van der Waals surface area contributed by atoms with Crippen molar-refractivity contribution in [3.05, 3.63) is 58.1 Å². The van der Waals surface area contributed by atoms with Gasteiger partial charge in [-0.1, -0.05) is 23.8 Å². The van der Waals surface area contributed by atoms with Gasteiger partial charge in [0, 0.05) is 13.0 Å². The lowest BCUT2D eigenvalue weighted by atomic mass is 10.0. The minimum Gasteiger partial charge on any atom is -0.492 e. The molecule has 2 aromatic carbocycles. The number of sulfonamides is 1. The highest BCUT2D eigenvalue weighted by molar-refractivity contribution is 7.92. The second-order valence-electron chi connectivity index (χ2n) is 8.13. The number of anilines is 1. The molecule has 31 heavy (non-hydrogen) atoms. The summed E-state index contributed by atoms with van der Waals surface area (Å²) in [5.74, 6) is 0.666. The van der Waals surface area contributed by atoms with Crippen molar-refractivity contribution >= 4 is 21.6 Å². The number of hydrogen-bond donors (Lipinski definition) is 1. The predicted octanol–water partition coefficient (Wildman–Crippen LogP) is 3.97. The number of nitrogens with zero attached hydrogens (tertiary/aromatic N) is 1. The Bertz CT molecular complexity index is 1010. The molecule has 1 amide bonds. The molecule has 0 aliphatic rings. The third-order valence-corrected chi connectivity index (χ3v) is 6.39. The highest BCUT2D eigenvalue weighted by Crippen LogP contribution is 2.28. The number of ether oxygens (including phenoxy) is 1. The quantitative estimate of drug-likeness (QED) is 0.561. The standard InChI is InChI=1S/C24H34N2O4S/c1-17-14-20(4)24(21(5)15-17)26(31(6,28)29)12-7-8-23(27)25-11-13-30-22-10-9-18(2)19(3)16-22/h9-10,14-16H,7-8,11-13H2,1-6H3,(H,25,27). The van der Waals surface area contributed by atoms with E-state index in [1.54, 1.807) is 0 Å². The largest absolute Gasteiger partial charge is 0.492 e. The molecule has 0 bridgehead atoms.